The Morgan fingerprint density at radius 1 is 1.19 bits per heavy atom. The number of amides is 1. The van der Waals surface area contributed by atoms with Crippen molar-refractivity contribution in [3.05, 3.63) is 75.9 Å². The summed E-state index contributed by atoms with van der Waals surface area (Å²) in [5.74, 6) is 0.0839. The van der Waals surface area contributed by atoms with Gasteiger partial charge in [-0.2, -0.15) is 0 Å². The van der Waals surface area contributed by atoms with Crippen molar-refractivity contribution >= 4 is 34.3 Å². The van der Waals surface area contributed by atoms with E-state index in [2.05, 4.69) is 5.32 Å². The van der Waals surface area contributed by atoms with Crippen LogP contribution in [0.4, 0.5) is 10.1 Å². The number of thioether (sulfide) groups is 1. The van der Waals surface area contributed by atoms with Crippen molar-refractivity contribution in [1.82, 2.24) is 0 Å². The second kappa shape index (κ2) is 8.19. The molecule has 0 unspecified atom stereocenters. The van der Waals surface area contributed by atoms with Gasteiger partial charge in [-0.3, -0.25) is 4.79 Å². The minimum Gasteiger partial charge on any atom is -0.423 e. The third-order valence-corrected chi connectivity index (χ3v) is 4.88. The molecule has 26 heavy (non-hydrogen) atoms. The quantitative estimate of drug-likeness (QED) is 0.654. The van der Waals surface area contributed by atoms with Crippen LogP contribution in [0.1, 0.15) is 18.1 Å². The summed E-state index contributed by atoms with van der Waals surface area (Å²) >= 11 is 1.39. The maximum Gasteiger partial charge on any atom is 0.336 e. The van der Waals surface area contributed by atoms with Crippen LogP contribution in [0.15, 0.2) is 57.7 Å². The average Bonchev–Trinajstić information content (AvgIpc) is 2.61. The third-order valence-electron chi connectivity index (χ3n) is 3.90. The monoisotopic (exact) mass is 371 g/mol. The highest BCUT2D eigenvalue weighted by Crippen LogP contribution is 2.23. The van der Waals surface area contributed by atoms with Crippen molar-refractivity contribution < 1.29 is 13.6 Å². The molecule has 0 aliphatic carbocycles. The molecule has 0 spiro atoms. The average molecular weight is 371 g/mol. The summed E-state index contributed by atoms with van der Waals surface area (Å²) in [5.41, 5.74) is 2.53. The Kier molecular flexibility index (Phi) is 5.73. The van der Waals surface area contributed by atoms with Crippen LogP contribution in [0.3, 0.4) is 0 Å². The molecule has 0 aliphatic rings. The predicted octanol–water partition coefficient (Wildman–Crippen LogP) is 4.37. The van der Waals surface area contributed by atoms with Gasteiger partial charge < -0.3 is 9.73 Å². The van der Waals surface area contributed by atoms with Crippen molar-refractivity contribution in [3.63, 3.8) is 0 Å². The summed E-state index contributed by atoms with van der Waals surface area (Å²) < 4.78 is 18.4. The molecule has 1 N–H and O–H groups in total. The van der Waals surface area contributed by atoms with Gasteiger partial charge in [-0.15, -0.1) is 11.8 Å². The Balaban J connectivity index is 1.66. The van der Waals surface area contributed by atoms with E-state index in [1.807, 2.05) is 25.1 Å². The van der Waals surface area contributed by atoms with E-state index in [-0.39, 0.29) is 11.7 Å². The summed E-state index contributed by atoms with van der Waals surface area (Å²) in [7, 11) is 0. The van der Waals surface area contributed by atoms with Crippen molar-refractivity contribution in [2.45, 2.75) is 19.1 Å². The van der Waals surface area contributed by atoms with Crippen molar-refractivity contribution in [2.24, 2.45) is 0 Å². The number of carbonyl (C=O) groups excluding carboxylic acids is 1. The van der Waals surface area contributed by atoms with Gasteiger partial charge >= 0.3 is 5.63 Å². The highest BCUT2D eigenvalue weighted by atomic mass is 32.2. The first-order valence-corrected chi connectivity index (χ1v) is 9.39. The zero-order valence-corrected chi connectivity index (χ0v) is 15.1. The Hall–Kier alpha value is -2.60. The molecule has 4 nitrogen and oxygen atoms in total. The second-order valence-corrected chi connectivity index (χ2v) is 6.81. The van der Waals surface area contributed by atoms with Gasteiger partial charge in [0, 0.05) is 22.9 Å². The number of hydrogen-bond donors (Lipinski definition) is 1. The standard InChI is InChI=1S/C20H18FNO3S/c1-2-13-6-7-17-14(9-20(24)25-18(17)8-13)11-26-12-19(23)22-16-5-3-4-15(21)10-16/h3-10H,2,11-12H2,1H3,(H,22,23). The molecule has 1 heterocycles. The third kappa shape index (κ3) is 4.52. The van der Waals surface area contributed by atoms with Crippen LogP contribution in [0.5, 0.6) is 0 Å². The highest BCUT2D eigenvalue weighted by Gasteiger charge is 2.09. The normalized spacial score (nSPS) is 10.8. The van der Waals surface area contributed by atoms with E-state index in [1.54, 1.807) is 6.07 Å². The summed E-state index contributed by atoms with van der Waals surface area (Å²) in [6.45, 7) is 2.04. The van der Waals surface area contributed by atoms with Crippen LogP contribution in [-0.4, -0.2) is 11.7 Å². The lowest BCUT2D eigenvalue weighted by Crippen LogP contribution is -2.14. The molecule has 0 radical (unpaired) electrons. The molecule has 0 atom stereocenters. The smallest absolute Gasteiger partial charge is 0.336 e. The highest BCUT2D eigenvalue weighted by molar-refractivity contribution is 7.99. The zero-order valence-electron chi connectivity index (χ0n) is 14.3. The molecule has 1 aromatic heterocycles. The molecule has 0 aliphatic heterocycles. The van der Waals surface area contributed by atoms with Crippen LogP contribution < -0.4 is 10.9 Å². The maximum absolute atomic E-state index is 13.1. The number of carbonyl (C=O) groups is 1. The number of rotatable bonds is 6. The minimum absolute atomic E-state index is 0.200. The van der Waals surface area contributed by atoms with Crippen LogP contribution in [0, 0.1) is 5.82 Å². The fraction of sp³-hybridized carbons (Fsp3) is 0.200. The first-order valence-electron chi connectivity index (χ1n) is 8.24. The summed E-state index contributed by atoms with van der Waals surface area (Å²) in [4.78, 5) is 23.8. The van der Waals surface area contributed by atoms with Gasteiger partial charge in [-0.25, -0.2) is 9.18 Å². The van der Waals surface area contributed by atoms with Gasteiger partial charge in [-0.05, 0) is 41.8 Å². The fourth-order valence-corrected chi connectivity index (χ4v) is 3.45. The molecule has 1 amide bonds. The van der Waals surface area contributed by atoms with Crippen LogP contribution in [0.2, 0.25) is 0 Å². The second-order valence-electron chi connectivity index (χ2n) is 5.83. The number of aryl methyl sites for hydroxylation is 1. The van der Waals surface area contributed by atoms with Gasteiger partial charge in [0.15, 0.2) is 0 Å². The molecule has 0 saturated heterocycles. The van der Waals surface area contributed by atoms with E-state index in [0.717, 1.165) is 22.9 Å². The number of fused-ring (bicyclic) bond motifs is 1. The van der Waals surface area contributed by atoms with Crippen LogP contribution in [-0.2, 0) is 17.0 Å². The van der Waals surface area contributed by atoms with E-state index < -0.39 is 11.4 Å². The summed E-state index contributed by atoms with van der Waals surface area (Å²) in [6.07, 6.45) is 0.860. The van der Waals surface area contributed by atoms with Crippen molar-refractivity contribution in [3.8, 4) is 0 Å². The Bertz CT molecular complexity index is 1000. The van der Waals surface area contributed by atoms with Crippen LogP contribution >= 0.6 is 11.8 Å². The summed E-state index contributed by atoms with van der Waals surface area (Å²) in [6, 6.07) is 13.1. The van der Waals surface area contributed by atoms with E-state index in [0.29, 0.717) is 17.0 Å². The van der Waals surface area contributed by atoms with Gasteiger partial charge in [0.25, 0.3) is 0 Å². The zero-order chi connectivity index (χ0) is 18.5. The molecular weight excluding hydrogens is 353 g/mol. The first-order chi connectivity index (χ1) is 12.5. The Morgan fingerprint density at radius 2 is 2.04 bits per heavy atom. The maximum atomic E-state index is 13.1. The number of halogens is 1. The molecule has 2 aromatic carbocycles. The van der Waals surface area contributed by atoms with E-state index in [1.165, 1.54) is 36.0 Å². The Labute approximate surface area is 154 Å². The Morgan fingerprint density at radius 3 is 2.81 bits per heavy atom. The molecule has 0 fully saturated rings. The predicted molar refractivity (Wildman–Crippen MR) is 103 cm³/mol. The lowest BCUT2D eigenvalue weighted by atomic mass is 10.1. The number of hydrogen-bond acceptors (Lipinski definition) is 4. The van der Waals surface area contributed by atoms with E-state index in [9.17, 15) is 14.0 Å². The van der Waals surface area contributed by atoms with E-state index >= 15 is 0 Å². The fourth-order valence-electron chi connectivity index (χ4n) is 2.63. The van der Waals surface area contributed by atoms with Crippen molar-refractivity contribution in [2.75, 3.05) is 11.1 Å². The number of benzene rings is 2. The molecule has 134 valence electrons. The molecule has 3 aromatic rings. The lowest BCUT2D eigenvalue weighted by Gasteiger charge is -2.07. The minimum atomic E-state index is -0.399. The molecule has 0 saturated carbocycles. The summed E-state index contributed by atoms with van der Waals surface area (Å²) in [5, 5.41) is 3.53. The van der Waals surface area contributed by atoms with Crippen LogP contribution in [0.25, 0.3) is 11.0 Å². The number of anilines is 1. The topological polar surface area (TPSA) is 59.3 Å². The van der Waals surface area contributed by atoms with Gasteiger partial charge in [0.2, 0.25) is 5.91 Å². The molecule has 3 rings (SSSR count). The van der Waals surface area contributed by atoms with Gasteiger partial charge in [-0.1, -0.05) is 25.1 Å². The molecule has 0 bridgehead atoms. The van der Waals surface area contributed by atoms with Crippen molar-refractivity contribution in [1.29, 1.82) is 0 Å². The lowest BCUT2D eigenvalue weighted by molar-refractivity contribution is -0.113. The molecule has 6 heteroatoms. The largest absolute Gasteiger partial charge is 0.423 e. The molecular formula is C20H18FNO3S. The first kappa shape index (κ1) is 18.2. The SMILES string of the molecule is CCc1ccc2c(CSCC(=O)Nc3cccc(F)c3)cc(=O)oc2c1. The van der Waals surface area contributed by atoms with Gasteiger partial charge in [0.05, 0.1) is 5.75 Å². The number of nitrogens with one attached hydrogen (secondary N) is 1. The van der Waals surface area contributed by atoms with E-state index in [4.69, 9.17) is 4.42 Å². The van der Waals surface area contributed by atoms with Gasteiger partial charge in [0.1, 0.15) is 11.4 Å².